The molecule has 0 saturated heterocycles. The largest absolute Gasteiger partial charge is 0.0616 e. The molecule has 6 aromatic carbocycles. The average Bonchev–Trinajstić information content (AvgIpc) is 2.83. The lowest BCUT2D eigenvalue weighted by atomic mass is 9.89. The van der Waals surface area contributed by atoms with Crippen LogP contribution in [0.2, 0.25) is 0 Å². The molecule has 0 heteroatoms. The molecule has 0 radical (unpaired) electrons. The number of hydrogen-bond donors (Lipinski definition) is 0. The molecule has 0 atom stereocenters. The van der Waals surface area contributed by atoms with Crippen molar-refractivity contribution in [2.45, 2.75) is 6.92 Å². The first-order valence-electron chi connectivity index (χ1n) is 10.8. The van der Waals surface area contributed by atoms with Gasteiger partial charge in [0.25, 0.3) is 0 Å². The second-order valence-corrected chi connectivity index (χ2v) is 8.24. The summed E-state index contributed by atoms with van der Waals surface area (Å²) < 4.78 is 0. The van der Waals surface area contributed by atoms with Crippen molar-refractivity contribution in [3.63, 3.8) is 0 Å². The monoisotopic (exact) mass is 394 g/mol. The van der Waals surface area contributed by atoms with Gasteiger partial charge in [0, 0.05) is 0 Å². The second-order valence-electron chi connectivity index (χ2n) is 8.24. The maximum atomic E-state index is 2.30. The Morgan fingerprint density at radius 2 is 0.968 bits per heavy atom. The van der Waals surface area contributed by atoms with E-state index in [9.17, 15) is 0 Å². The van der Waals surface area contributed by atoms with Gasteiger partial charge in [-0.1, -0.05) is 109 Å². The van der Waals surface area contributed by atoms with E-state index in [-0.39, 0.29) is 0 Å². The van der Waals surface area contributed by atoms with Crippen molar-refractivity contribution in [3.8, 4) is 22.3 Å². The maximum Gasteiger partial charge on any atom is -0.00990 e. The quantitative estimate of drug-likeness (QED) is 0.275. The lowest BCUT2D eigenvalue weighted by molar-refractivity contribution is 1.53. The second kappa shape index (κ2) is 7.11. The van der Waals surface area contributed by atoms with Crippen molar-refractivity contribution in [1.29, 1.82) is 0 Å². The van der Waals surface area contributed by atoms with Crippen LogP contribution in [0.3, 0.4) is 0 Å². The van der Waals surface area contributed by atoms with Gasteiger partial charge in [-0.3, -0.25) is 0 Å². The zero-order valence-electron chi connectivity index (χ0n) is 17.5. The predicted octanol–water partition coefficient (Wildman–Crippen LogP) is 8.79. The van der Waals surface area contributed by atoms with Crippen LogP contribution in [0.15, 0.2) is 115 Å². The van der Waals surface area contributed by atoms with Crippen LogP contribution in [0.1, 0.15) is 5.56 Å². The molecule has 146 valence electrons. The first kappa shape index (κ1) is 17.9. The van der Waals surface area contributed by atoms with Crippen molar-refractivity contribution in [2.75, 3.05) is 0 Å². The normalized spacial score (nSPS) is 11.4. The van der Waals surface area contributed by atoms with E-state index in [2.05, 4.69) is 122 Å². The van der Waals surface area contributed by atoms with Gasteiger partial charge in [-0.25, -0.2) is 0 Å². The summed E-state index contributed by atoms with van der Waals surface area (Å²) >= 11 is 0. The minimum Gasteiger partial charge on any atom is -0.0616 e. The number of fused-ring (bicyclic) bond motifs is 3. The van der Waals surface area contributed by atoms with E-state index in [4.69, 9.17) is 0 Å². The van der Waals surface area contributed by atoms with E-state index in [1.165, 1.54) is 60.1 Å². The van der Waals surface area contributed by atoms with Crippen LogP contribution in [0.4, 0.5) is 0 Å². The van der Waals surface area contributed by atoms with E-state index in [1.54, 1.807) is 0 Å². The van der Waals surface area contributed by atoms with E-state index in [0.29, 0.717) is 0 Å². The Labute approximate surface area is 182 Å². The van der Waals surface area contributed by atoms with Gasteiger partial charge >= 0.3 is 0 Å². The molecule has 0 aromatic heterocycles. The Hall–Kier alpha value is -3.90. The summed E-state index contributed by atoms with van der Waals surface area (Å²) in [6.45, 7) is 2.19. The minimum absolute atomic E-state index is 1.26. The molecule has 0 amide bonds. The van der Waals surface area contributed by atoms with Gasteiger partial charge in [0.15, 0.2) is 0 Å². The van der Waals surface area contributed by atoms with Gasteiger partial charge in [0.2, 0.25) is 0 Å². The number of hydrogen-bond acceptors (Lipinski definition) is 0. The third-order valence-corrected chi connectivity index (χ3v) is 6.41. The van der Waals surface area contributed by atoms with Crippen molar-refractivity contribution in [3.05, 3.63) is 121 Å². The van der Waals surface area contributed by atoms with Crippen LogP contribution in [-0.4, -0.2) is 0 Å². The van der Waals surface area contributed by atoms with Crippen LogP contribution in [-0.2, 0) is 0 Å². The van der Waals surface area contributed by atoms with E-state index in [0.717, 1.165) is 0 Å². The summed E-state index contributed by atoms with van der Waals surface area (Å²) in [5, 5.41) is 7.77. The molecule has 0 saturated carbocycles. The highest BCUT2D eigenvalue weighted by Crippen LogP contribution is 2.38. The van der Waals surface area contributed by atoms with Crippen molar-refractivity contribution in [1.82, 2.24) is 0 Å². The number of aryl methyl sites for hydroxylation is 1. The van der Waals surface area contributed by atoms with Gasteiger partial charge < -0.3 is 0 Å². The van der Waals surface area contributed by atoms with Crippen LogP contribution < -0.4 is 0 Å². The smallest absolute Gasteiger partial charge is 0.00990 e. The molecule has 0 spiro atoms. The van der Waals surface area contributed by atoms with Crippen LogP contribution in [0.25, 0.3) is 54.6 Å². The zero-order chi connectivity index (χ0) is 20.8. The highest BCUT2D eigenvalue weighted by atomic mass is 14.1. The molecule has 0 heterocycles. The first-order chi connectivity index (χ1) is 15.3. The fourth-order valence-corrected chi connectivity index (χ4v) is 4.84. The highest BCUT2D eigenvalue weighted by Gasteiger charge is 2.11. The van der Waals surface area contributed by atoms with Crippen molar-refractivity contribution < 1.29 is 0 Å². The molecule has 0 aliphatic heterocycles. The van der Waals surface area contributed by atoms with Gasteiger partial charge in [-0.05, 0) is 73.1 Å². The molecule has 0 unspecified atom stereocenters. The van der Waals surface area contributed by atoms with Crippen molar-refractivity contribution in [2.24, 2.45) is 0 Å². The summed E-state index contributed by atoms with van der Waals surface area (Å²) in [5.41, 5.74) is 6.44. The zero-order valence-corrected chi connectivity index (χ0v) is 17.5. The van der Waals surface area contributed by atoms with Gasteiger partial charge in [-0.2, -0.15) is 0 Å². The third kappa shape index (κ3) is 2.92. The summed E-state index contributed by atoms with van der Waals surface area (Å²) in [5.74, 6) is 0. The fraction of sp³-hybridized carbons (Fsp3) is 0.0323. The van der Waals surface area contributed by atoms with Crippen LogP contribution in [0.5, 0.6) is 0 Å². The highest BCUT2D eigenvalue weighted by molar-refractivity contribution is 6.10. The van der Waals surface area contributed by atoms with Crippen molar-refractivity contribution >= 4 is 32.3 Å². The molecule has 31 heavy (non-hydrogen) atoms. The Morgan fingerprint density at radius 1 is 0.387 bits per heavy atom. The molecule has 0 aliphatic rings. The van der Waals surface area contributed by atoms with Crippen LogP contribution >= 0.6 is 0 Å². The predicted molar refractivity (Wildman–Crippen MR) is 135 cm³/mol. The summed E-state index contributed by atoms with van der Waals surface area (Å²) in [6.07, 6.45) is 0. The molecule has 0 bridgehead atoms. The Morgan fingerprint density at radius 3 is 1.81 bits per heavy atom. The molecule has 6 aromatic rings. The SMILES string of the molecule is Cc1ccc(-c2cccc3c(-c4ccc5ccccc5c4)cccc23)c2ccccc12. The number of rotatable bonds is 2. The maximum absolute atomic E-state index is 2.30. The average molecular weight is 395 g/mol. The first-order valence-corrected chi connectivity index (χ1v) is 10.8. The van der Waals surface area contributed by atoms with Crippen LogP contribution in [0, 0.1) is 6.92 Å². The summed E-state index contributed by atoms with van der Waals surface area (Å²) in [6, 6.07) is 41.9. The fourth-order valence-electron chi connectivity index (χ4n) is 4.84. The lowest BCUT2D eigenvalue weighted by Crippen LogP contribution is -1.88. The molecule has 0 aliphatic carbocycles. The Bertz CT molecular complexity index is 1590. The molecule has 0 fully saturated rings. The topological polar surface area (TPSA) is 0 Å². The standard InChI is InChI=1S/C31H22/c1-21-16-19-31(27-11-5-4-10-25(21)27)30-15-7-13-28-26(12-6-14-29(28)30)24-18-17-22-8-2-3-9-23(22)20-24/h2-20H,1H3. The van der Waals surface area contributed by atoms with Gasteiger partial charge in [0.1, 0.15) is 0 Å². The summed E-state index contributed by atoms with van der Waals surface area (Å²) in [4.78, 5) is 0. The van der Waals surface area contributed by atoms with Gasteiger partial charge in [-0.15, -0.1) is 0 Å². The molecule has 0 nitrogen and oxygen atoms in total. The Balaban J connectivity index is 1.62. The molecular weight excluding hydrogens is 372 g/mol. The molecule has 0 N–H and O–H groups in total. The molecular formula is C31H22. The lowest BCUT2D eigenvalue weighted by Gasteiger charge is -2.14. The van der Waals surface area contributed by atoms with Gasteiger partial charge in [0.05, 0.1) is 0 Å². The van der Waals surface area contributed by atoms with E-state index in [1.807, 2.05) is 0 Å². The van der Waals surface area contributed by atoms with E-state index >= 15 is 0 Å². The Kier molecular flexibility index (Phi) is 4.11. The molecule has 6 rings (SSSR count). The number of benzene rings is 6. The minimum atomic E-state index is 1.26. The third-order valence-electron chi connectivity index (χ3n) is 6.41. The van der Waals surface area contributed by atoms with E-state index < -0.39 is 0 Å². The summed E-state index contributed by atoms with van der Waals surface area (Å²) in [7, 11) is 0.